The number of aromatic nitrogens is 2. The normalized spacial score (nSPS) is 23.4. The number of aryl methyl sites for hydroxylation is 1. The Balaban J connectivity index is 1.53. The van der Waals surface area contributed by atoms with Crippen LogP contribution in [0.1, 0.15) is 30.7 Å². The molecule has 1 saturated carbocycles. The maximum Gasteiger partial charge on any atom is 0.223 e. The third-order valence-corrected chi connectivity index (χ3v) is 5.01. The molecule has 1 heterocycles. The average molecular weight is 342 g/mol. The van der Waals surface area contributed by atoms with Crippen LogP contribution in [0.5, 0.6) is 0 Å². The number of amides is 1. The summed E-state index contributed by atoms with van der Waals surface area (Å²) in [5.74, 6) is 1.01. The summed E-state index contributed by atoms with van der Waals surface area (Å²) >= 11 is 0. The monoisotopic (exact) mass is 342 g/mol. The topological polar surface area (TPSA) is 82.2 Å². The fraction of sp³-hybridized carbons (Fsp3) is 0.474. The van der Waals surface area contributed by atoms with E-state index in [1.54, 1.807) is 13.3 Å². The van der Waals surface area contributed by atoms with Crippen LogP contribution in [0.4, 0.5) is 0 Å². The number of nitrogens with zero attached hydrogens (tertiary/aromatic N) is 2. The number of nitrogens with two attached hydrogens (primary N) is 1. The van der Waals surface area contributed by atoms with Gasteiger partial charge in [0.05, 0.1) is 6.10 Å². The van der Waals surface area contributed by atoms with Crippen LogP contribution in [0.3, 0.4) is 0 Å². The van der Waals surface area contributed by atoms with Gasteiger partial charge in [-0.3, -0.25) is 4.79 Å². The first-order valence-electron chi connectivity index (χ1n) is 8.74. The molecule has 0 unspecified atom stereocenters. The summed E-state index contributed by atoms with van der Waals surface area (Å²) in [6.45, 7) is 2.50. The molecule has 0 radical (unpaired) electrons. The lowest BCUT2D eigenvalue weighted by Crippen LogP contribution is -2.45. The summed E-state index contributed by atoms with van der Waals surface area (Å²) in [5, 5.41) is 3.03. The van der Waals surface area contributed by atoms with E-state index in [1.165, 1.54) is 0 Å². The van der Waals surface area contributed by atoms with Gasteiger partial charge in [0.25, 0.3) is 0 Å². The quantitative estimate of drug-likeness (QED) is 0.870. The summed E-state index contributed by atoms with van der Waals surface area (Å²) in [7, 11) is 1.68. The average Bonchev–Trinajstić information content (AvgIpc) is 3.06. The number of ether oxygens (including phenoxy) is 1. The Morgan fingerprint density at radius 1 is 1.36 bits per heavy atom. The summed E-state index contributed by atoms with van der Waals surface area (Å²) in [4.78, 5) is 16.6. The van der Waals surface area contributed by atoms with Gasteiger partial charge in [0.15, 0.2) is 0 Å². The zero-order valence-corrected chi connectivity index (χ0v) is 14.8. The molecule has 0 saturated heterocycles. The Morgan fingerprint density at radius 2 is 2.12 bits per heavy atom. The highest BCUT2D eigenvalue weighted by molar-refractivity contribution is 5.78. The molecule has 1 aromatic heterocycles. The van der Waals surface area contributed by atoms with E-state index in [0.29, 0.717) is 13.0 Å². The number of nitrogens with one attached hydrogen (secondary N) is 1. The van der Waals surface area contributed by atoms with Gasteiger partial charge in [-0.15, -0.1) is 0 Å². The molecule has 3 rings (SSSR count). The van der Waals surface area contributed by atoms with Gasteiger partial charge in [-0.25, -0.2) is 4.98 Å². The maximum absolute atomic E-state index is 12.4. The predicted octanol–water partition coefficient (Wildman–Crippen LogP) is 1.94. The molecule has 25 heavy (non-hydrogen) atoms. The smallest absolute Gasteiger partial charge is 0.223 e. The van der Waals surface area contributed by atoms with Gasteiger partial charge in [0, 0.05) is 43.7 Å². The minimum absolute atomic E-state index is 0.0192. The van der Waals surface area contributed by atoms with Crippen LogP contribution in [0, 0.1) is 12.8 Å². The van der Waals surface area contributed by atoms with Crippen molar-refractivity contribution in [1.82, 2.24) is 14.9 Å². The summed E-state index contributed by atoms with van der Waals surface area (Å²) in [6.07, 6.45) is 6.15. The van der Waals surface area contributed by atoms with Gasteiger partial charge < -0.3 is 20.4 Å². The van der Waals surface area contributed by atoms with E-state index < -0.39 is 0 Å². The predicted molar refractivity (Wildman–Crippen MR) is 96.3 cm³/mol. The van der Waals surface area contributed by atoms with Crippen molar-refractivity contribution in [3.63, 3.8) is 0 Å². The van der Waals surface area contributed by atoms with Crippen LogP contribution >= 0.6 is 0 Å². The van der Waals surface area contributed by atoms with E-state index in [1.807, 2.05) is 42.0 Å². The third-order valence-electron chi connectivity index (χ3n) is 5.01. The minimum Gasteiger partial charge on any atom is -0.380 e. The molecule has 0 aliphatic heterocycles. The second kappa shape index (κ2) is 7.80. The maximum atomic E-state index is 12.4. The zero-order valence-electron chi connectivity index (χ0n) is 14.8. The first-order valence-corrected chi connectivity index (χ1v) is 8.74. The summed E-state index contributed by atoms with van der Waals surface area (Å²) in [5.41, 5.74) is 8.23. The molecule has 1 aliphatic carbocycles. The molecular formula is C19H26N4O2. The number of hydrogen-bond acceptors (Lipinski definition) is 4. The lowest BCUT2D eigenvalue weighted by Gasteiger charge is -2.32. The second-order valence-corrected chi connectivity index (χ2v) is 6.68. The van der Waals surface area contributed by atoms with E-state index in [4.69, 9.17) is 10.5 Å². The SMILES string of the molecule is CO[C@@H]1CC[C@H](C(=O)NCc2ccc(-n3ccnc3C)cc2)C[C@H]1N. The van der Waals surface area contributed by atoms with Crippen molar-refractivity contribution in [1.29, 1.82) is 0 Å². The van der Waals surface area contributed by atoms with Crippen molar-refractivity contribution in [2.24, 2.45) is 11.7 Å². The number of imidazole rings is 1. The molecule has 1 aliphatic rings. The number of benzene rings is 1. The molecule has 3 N–H and O–H groups in total. The first kappa shape index (κ1) is 17.6. The second-order valence-electron chi connectivity index (χ2n) is 6.68. The molecule has 1 aromatic carbocycles. The van der Waals surface area contributed by atoms with E-state index >= 15 is 0 Å². The summed E-state index contributed by atoms with van der Waals surface area (Å²) < 4.78 is 7.37. The van der Waals surface area contributed by atoms with Crippen LogP contribution in [0.25, 0.3) is 5.69 Å². The molecule has 0 spiro atoms. The Morgan fingerprint density at radius 3 is 2.72 bits per heavy atom. The van der Waals surface area contributed by atoms with Crippen LogP contribution < -0.4 is 11.1 Å². The third kappa shape index (κ3) is 4.08. The van der Waals surface area contributed by atoms with E-state index in [2.05, 4.69) is 10.3 Å². The zero-order chi connectivity index (χ0) is 17.8. The fourth-order valence-electron chi connectivity index (χ4n) is 3.47. The highest BCUT2D eigenvalue weighted by Gasteiger charge is 2.31. The van der Waals surface area contributed by atoms with Gasteiger partial charge in [-0.05, 0) is 43.9 Å². The number of hydrogen-bond donors (Lipinski definition) is 2. The van der Waals surface area contributed by atoms with Crippen LogP contribution in [0.2, 0.25) is 0 Å². The largest absolute Gasteiger partial charge is 0.380 e. The number of methoxy groups -OCH3 is 1. The van der Waals surface area contributed by atoms with Crippen molar-refractivity contribution < 1.29 is 9.53 Å². The van der Waals surface area contributed by atoms with Gasteiger partial charge in [0.2, 0.25) is 5.91 Å². The van der Waals surface area contributed by atoms with Gasteiger partial charge in [-0.1, -0.05) is 12.1 Å². The Labute approximate surface area is 148 Å². The molecule has 3 atom stereocenters. The molecular weight excluding hydrogens is 316 g/mol. The van der Waals surface area contributed by atoms with E-state index in [0.717, 1.165) is 29.9 Å². The van der Waals surface area contributed by atoms with Crippen molar-refractivity contribution in [2.45, 2.75) is 44.9 Å². The molecule has 1 amide bonds. The Kier molecular flexibility index (Phi) is 5.50. The minimum atomic E-state index is -0.0628. The molecule has 2 aromatic rings. The lowest BCUT2D eigenvalue weighted by atomic mass is 9.83. The van der Waals surface area contributed by atoms with Gasteiger partial charge in [0.1, 0.15) is 5.82 Å². The lowest BCUT2D eigenvalue weighted by molar-refractivity contribution is -0.127. The van der Waals surface area contributed by atoms with Crippen LogP contribution in [0.15, 0.2) is 36.7 Å². The van der Waals surface area contributed by atoms with Crippen LogP contribution in [-0.4, -0.2) is 34.7 Å². The molecule has 6 heteroatoms. The number of rotatable bonds is 5. The standard InChI is InChI=1S/C19H26N4O2/c1-13-21-9-10-23(13)16-6-3-14(4-7-16)12-22-19(24)15-5-8-18(25-2)17(20)11-15/h3-4,6-7,9-10,15,17-18H,5,8,11-12,20H2,1-2H3,(H,22,24)/t15-,17+,18+/m0/s1. The molecule has 0 bridgehead atoms. The van der Waals surface area contributed by atoms with E-state index in [9.17, 15) is 4.79 Å². The fourth-order valence-corrected chi connectivity index (χ4v) is 3.47. The molecule has 1 fully saturated rings. The van der Waals surface area contributed by atoms with Crippen molar-refractivity contribution in [3.8, 4) is 5.69 Å². The Hall–Kier alpha value is -2.18. The van der Waals surface area contributed by atoms with E-state index in [-0.39, 0.29) is 24.0 Å². The van der Waals surface area contributed by atoms with Crippen molar-refractivity contribution in [3.05, 3.63) is 48.0 Å². The van der Waals surface area contributed by atoms with Crippen molar-refractivity contribution in [2.75, 3.05) is 7.11 Å². The van der Waals surface area contributed by atoms with Gasteiger partial charge in [-0.2, -0.15) is 0 Å². The van der Waals surface area contributed by atoms with Crippen LogP contribution in [-0.2, 0) is 16.1 Å². The van der Waals surface area contributed by atoms with Crippen molar-refractivity contribution >= 4 is 5.91 Å². The summed E-state index contributed by atoms with van der Waals surface area (Å²) in [6, 6.07) is 8.07. The molecule has 6 nitrogen and oxygen atoms in total. The number of carbonyl (C=O) groups is 1. The van der Waals surface area contributed by atoms with Gasteiger partial charge >= 0.3 is 0 Å². The highest BCUT2D eigenvalue weighted by atomic mass is 16.5. The first-order chi connectivity index (χ1) is 12.1. The molecule has 134 valence electrons. The highest BCUT2D eigenvalue weighted by Crippen LogP contribution is 2.25. The Bertz CT molecular complexity index is 710. The number of carbonyl (C=O) groups excluding carboxylic acids is 1.